The number of carbonyl (C=O) groups excluding carboxylic acids is 2. The molecule has 154 valence electrons. The molecule has 1 saturated heterocycles. The van der Waals surface area contributed by atoms with Gasteiger partial charge in [0.25, 0.3) is 5.91 Å². The van der Waals surface area contributed by atoms with Gasteiger partial charge >= 0.3 is 0 Å². The molecule has 0 unspecified atom stereocenters. The van der Waals surface area contributed by atoms with Gasteiger partial charge in [-0.2, -0.15) is 0 Å². The maximum Gasteiger partial charge on any atom is 0.267 e. The number of benzene rings is 1. The zero-order chi connectivity index (χ0) is 19.8. The summed E-state index contributed by atoms with van der Waals surface area (Å²) in [6.45, 7) is 1.70. The number of nitrogens with one attached hydrogen (secondary N) is 3. The van der Waals surface area contributed by atoms with E-state index in [2.05, 4.69) is 20.5 Å². The van der Waals surface area contributed by atoms with Crippen LogP contribution in [-0.4, -0.2) is 52.9 Å². The molecule has 2 atom stereocenters. The SMILES string of the molecule is O=C(C[C@H]1CC[C@@H](CNC(=O)c2cc3ccccc3[nH]2)N1CC1CC1)NC1CC1. The second kappa shape index (κ2) is 7.82. The van der Waals surface area contributed by atoms with E-state index < -0.39 is 0 Å². The fourth-order valence-electron chi connectivity index (χ4n) is 4.58. The molecule has 29 heavy (non-hydrogen) atoms. The average Bonchev–Trinajstić information content (AvgIpc) is 3.62. The zero-order valence-corrected chi connectivity index (χ0v) is 16.8. The third kappa shape index (κ3) is 4.47. The van der Waals surface area contributed by atoms with Crippen LogP contribution in [0.2, 0.25) is 0 Å². The van der Waals surface area contributed by atoms with Crippen LogP contribution in [0.25, 0.3) is 10.9 Å². The number of hydrogen-bond acceptors (Lipinski definition) is 3. The van der Waals surface area contributed by atoms with Gasteiger partial charge in [0.1, 0.15) is 5.69 Å². The summed E-state index contributed by atoms with van der Waals surface area (Å²) in [6.07, 6.45) is 7.53. The normalized spacial score (nSPS) is 24.7. The first kappa shape index (κ1) is 18.7. The predicted octanol–water partition coefficient (Wildman–Crippen LogP) is 2.81. The van der Waals surface area contributed by atoms with Crippen LogP contribution in [0, 0.1) is 5.92 Å². The summed E-state index contributed by atoms with van der Waals surface area (Å²) in [5, 5.41) is 7.31. The van der Waals surface area contributed by atoms with Gasteiger partial charge in [-0.15, -0.1) is 0 Å². The molecule has 2 amide bonds. The Balaban J connectivity index is 1.19. The van der Waals surface area contributed by atoms with Gasteiger partial charge in [0.2, 0.25) is 5.91 Å². The van der Waals surface area contributed by atoms with E-state index >= 15 is 0 Å². The van der Waals surface area contributed by atoms with E-state index in [1.807, 2.05) is 30.3 Å². The van der Waals surface area contributed by atoms with E-state index in [-0.39, 0.29) is 11.8 Å². The lowest BCUT2D eigenvalue weighted by Gasteiger charge is -2.30. The van der Waals surface area contributed by atoms with Crippen molar-refractivity contribution in [1.29, 1.82) is 0 Å². The molecular formula is C23H30N4O2. The van der Waals surface area contributed by atoms with Gasteiger partial charge in [0.05, 0.1) is 0 Å². The maximum absolute atomic E-state index is 12.7. The molecule has 1 aromatic carbocycles. The first-order valence-corrected chi connectivity index (χ1v) is 11.1. The fourth-order valence-corrected chi connectivity index (χ4v) is 4.58. The average molecular weight is 395 g/mol. The van der Waals surface area contributed by atoms with Gasteiger partial charge in [-0.25, -0.2) is 0 Å². The molecule has 0 spiro atoms. The molecule has 5 rings (SSSR count). The zero-order valence-electron chi connectivity index (χ0n) is 16.8. The van der Waals surface area contributed by atoms with Crippen LogP contribution >= 0.6 is 0 Å². The Morgan fingerprint density at radius 1 is 1.03 bits per heavy atom. The third-order valence-electron chi connectivity index (χ3n) is 6.57. The third-order valence-corrected chi connectivity index (χ3v) is 6.57. The summed E-state index contributed by atoms with van der Waals surface area (Å²) in [7, 11) is 0. The van der Waals surface area contributed by atoms with E-state index in [1.165, 1.54) is 12.8 Å². The number of amides is 2. The Labute approximate surface area is 171 Å². The van der Waals surface area contributed by atoms with E-state index in [4.69, 9.17) is 0 Å². The highest BCUT2D eigenvalue weighted by atomic mass is 16.2. The van der Waals surface area contributed by atoms with Gasteiger partial charge in [0.15, 0.2) is 0 Å². The van der Waals surface area contributed by atoms with E-state index in [0.29, 0.717) is 36.8 Å². The summed E-state index contributed by atoms with van der Waals surface area (Å²) < 4.78 is 0. The summed E-state index contributed by atoms with van der Waals surface area (Å²) in [5.74, 6) is 0.914. The highest BCUT2D eigenvalue weighted by Crippen LogP contribution is 2.35. The van der Waals surface area contributed by atoms with Crippen LogP contribution in [0.4, 0.5) is 0 Å². The first-order valence-electron chi connectivity index (χ1n) is 11.1. The lowest BCUT2D eigenvalue weighted by atomic mass is 10.1. The number of aromatic nitrogens is 1. The molecule has 3 aliphatic rings. The Kier molecular flexibility index (Phi) is 5.04. The molecule has 6 nitrogen and oxygen atoms in total. The smallest absolute Gasteiger partial charge is 0.267 e. The summed E-state index contributed by atoms with van der Waals surface area (Å²) >= 11 is 0. The molecule has 3 N–H and O–H groups in total. The van der Waals surface area contributed by atoms with Crippen molar-refractivity contribution >= 4 is 22.7 Å². The van der Waals surface area contributed by atoms with Gasteiger partial charge in [-0.3, -0.25) is 14.5 Å². The summed E-state index contributed by atoms with van der Waals surface area (Å²) in [4.78, 5) is 30.7. The van der Waals surface area contributed by atoms with Crippen LogP contribution in [0.3, 0.4) is 0 Å². The van der Waals surface area contributed by atoms with Crippen LogP contribution in [0.1, 0.15) is 55.4 Å². The first-order chi connectivity index (χ1) is 14.2. The number of aromatic amines is 1. The Hall–Kier alpha value is -2.34. The van der Waals surface area contributed by atoms with Crippen LogP contribution in [0.15, 0.2) is 30.3 Å². The number of hydrogen-bond donors (Lipinski definition) is 3. The highest BCUT2D eigenvalue weighted by molar-refractivity contribution is 5.98. The molecule has 1 aromatic heterocycles. The molecule has 2 aliphatic carbocycles. The quantitative estimate of drug-likeness (QED) is 0.644. The Bertz CT molecular complexity index is 866. The molecule has 1 aliphatic heterocycles. The van der Waals surface area contributed by atoms with Gasteiger partial charge in [0, 0.05) is 48.5 Å². The largest absolute Gasteiger partial charge is 0.353 e. The van der Waals surface area contributed by atoms with E-state index in [9.17, 15) is 9.59 Å². The van der Waals surface area contributed by atoms with Crippen molar-refractivity contribution in [3.05, 3.63) is 36.0 Å². The number of carbonyl (C=O) groups is 2. The second-order valence-corrected chi connectivity index (χ2v) is 9.05. The number of para-hydroxylation sites is 1. The van der Waals surface area contributed by atoms with Crippen molar-refractivity contribution in [2.45, 2.75) is 63.1 Å². The molecule has 3 fully saturated rings. The molecule has 2 heterocycles. The van der Waals surface area contributed by atoms with Gasteiger partial charge in [-0.05, 0) is 56.6 Å². The summed E-state index contributed by atoms with van der Waals surface area (Å²) in [6, 6.07) is 10.9. The van der Waals surface area contributed by atoms with Crippen molar-refractivity contribution in [3.8, 4) is 0 Å². The van der Waals surface area contributed by atoms with E-state index in [1.54, 1.807) is 0 Å². The Morgan fingerprint density at radius 3 is 2.59 bits per heavy atom. The number of rotatable bonds is 8. The lowest BCUT2D eigenvalue weighted by Crippen LogP contribution is -2.45. The molecule has 2 aromatic rings. The minimum Gasteiger partial charge on any atom is -0.353 e. The van der Waals surface area contributed by atoms with Crippen LogP contribution in [0.5, 0.6) is 0 Å². The van der Waals surface area contributed by atoms with Gasteiger partial charge in [-0.1, -0.05) is 18.2 Å². The predicted molar refractivity (Wildman–Crippen MR) is 113 cm³/mol. The minimum absolute atomic E-state index is 0.0532. The molecular weight excluding hydrogens is 364 g/mol. The Morgan fingerprint density at radius 2 is 1.83 bits per heavy atom. The van der Waals surface area contributed by atoms with Crippen molar-refractivity contribution in [3.63, 3.8) is 0 Å². The van der Waals surface area contributed by atoms with Crippen molar-refractivity contribution in [2.24, 2.45) is 5.92 Å². The highest BCUT2D eigenvalue weighted by Gasteiger charge is 2.38. The van der Waals surface area contributed by atoms with Crippen molar-refractivity contribution < 1.29 is 9.59 Å². The number of likely N-dealkylation sites (tertiary alicyclic amines) is 1. The maximum atomic E-state index is 12.7. The summed E-state index contributed by atoms with van der Waals surface area (Å²) in [5.41, 5.74) is 1.59. The van der Waals surface area contributed by atoms with Crippen LogP contribution < -0.4 is 10.6 Å². The molecule has 0 bridgehead atoms. The van der Waals surface area contributed by atoms with E-state index in [0.717, 1.165) is 49.0 Å². The van der Waals surface area contributed by atoms with Crippen molar-refractivity contribution in [1.82, 2.24) is 20.5 Å². The molecule has 6 heteroatoms. The van der Waals surface area contributed by atoms with Crippen molar-refractivity contribution in [2.75, 3.05) is 13.1 Å². The standard InChI is InChI=1S/C23H30N4O2/c28-22(25-17-7-8-17)12-18-9-10-19(27(18)14-15-5-6-15)13-24-23(29)21-11-16-3-1-2-4-20(16)26-21/h1-4,11,15,17-19,26H,5-10,12-14H2,(H,24,29)(H,25,28)/t18-,19+/m1/s1. The molecule has 2 saturated carbocycles. The lowest BCUT2D eigenvalue weighted by molar-refractivity contribution is -0.122. The topological polar surface area (TPSA) is 77.2 Å². The minimum atomic E-state index is -0.0532. The monoisotopic (exact) mass is 394 g/mol. The van der Waals surface area contributed by atoms with Crippen LogP contribution in [-0.2, 0) is 4.79 Å². The molecule has 0 radical (unpaired) electrons. The number of fused-ring (bicyclic) bond motifs is 1. The number of H-pyrrole nitrogens is 1. The second-order valence-electron chi connectivity index (χ2n) is 9.05. The number of nitrogens with zero attached hydrogens (tertiary/aromatic N) is 1. The fraction of sp³-hybridized carbons (Fsp3) is 0.565. The van der Waals surface area contributed by atoms with Gasteiger partial charge < -0.3 is 15.6 Å².